The highest BCUT2D eigenvalue weighted by Crippen LogP contribution is 2.41. The summed E-state index contributed by atoms with van der Waals surface area (Å²) in [6, 6.07) is 15.7. The van der Waals surface area contributed by atoms with Gasteiger partial charge in [0.15, 0.2) is 0 Å². The summed E-state index contributed by atoms with van der Waals surface area (Å²) >= 11 is 0. The van der Waals surface area contributed by atoms with Crippen molar-refractivity contribution in [3.8, 4) is 34.0 Å². The average molecular weight is 428 g/mol. The number of ether oxygens (including phenoxy) is 2. The molecule has 0 aliphatic heterocycles. The number of nitrogens with zero attached hydrogens (tertiary/aromatic N) is 3. The summed E-state index contributed by atoms with van der Waals surface area (Å²) in [6.07, 6.45) is 4.69. The van der Waals surface area contributed by atoms with Crippen LogP contribution in [0.25, 0.3) is 33.4 Å². The molecule has 0 bridgehead atoms. The van der Waals surface area contributed by atoms with Crippen LogP contribution in [0.5, 0.6) is 11.6 Å². The van der Waals surface area contributed by atoms with Gasteiger partial charge in [0.05, 0.1) is 31.1 Å². The fraction of sp³-hybridized carbons (Fsp3) is 0.160. The van der Waals surface area contributed by atoms with Crippen molar-refractivity contribution < 1.29 is 14.3 Å². The Labute approximate surface area is 186 Å². The number of hydrogen-bond donors (Lipinski definition) is 1. The number of hydrogen-bond acceptors (Lipinski definition) is 5. The quantitative estimate of drug-likeness (QED) is 0.423. The number of H-pyrrole nitrogens is 1. The Kier molecular flexibility index (Phi) is 6.17. The van der Waals surface area contributed by atoms with Crippen molar-refractivity contribution in [1.29, 1.82) is 0 Å². The molecule has 0 fully saturated rings. The van der Waals surface area contributed by atoms with Gasteiger partial charge in [-0.25, -0.2) is 4.98 Å². The van der Waals surface area contributed by atoms with Crippen LogP contribution in [0.2, 0.25) is 0 Å². The summed E-state index contributed by atoms with van der Waals surface area (Å²) in [4.78, 5) is 25.7. The molecule has 0 atom stereocenters. The van der Waals surface area contributed by atoms with Crippen molar-refractivity contribution in [2.45, 2.75) is 0 Å². The second kappa shape index (κ2) is 9.34. The predicted octanol–water partition coefficient (Wildman–Crippen LogP) is 4.32. The average Bonchev–Trinajstić information content (AvgIpc) is 3.22. The Bertz CT molecular complexity index is 1250. The summed E-state index contributed by atoms with van der Waals surface area (Å²) in [5.41, 5.74) is 5.40. The molecule has 0 saturated carbocycles. The molecule has 0 aliphatic rings. The molecule has 7 nitrogen and oxygen atoms in total. The van der Waals surface area contributed by atoms with Crippen molar-refractivity contribution in [1.82, 2.24) is 19.9 Å². The molecule has 0 unspecified atom stereocenters. The van der Waals surface area contributed by atoms with Gasteiger partial charge in [-0.15, -0.1) is 0 Å². The molecule has 0 radical (unpaired) electrons. The van der Waals surface area contributed by atoms with Gasteiger partial charge in [-0.3, -0.25) is 9.78 Å². The highest BCUT2D eigenvalue weighted by molar-refractivity contribution is 6.02. The second-order valence-corrected chi connectivity index (χ2v) is 7.18. The summed E-state index contributed by atoms with van der Waals surface area (Å²) in [5.74, 6) is 1.01. The number of pyridine rings is 2. The van der Waals surface area contributed by atoms with Crippen LogP contribution in [0, 0.1) is 0 Å². The summed E-state index contributed by atoms with van der Waals surface area (Å²) in [7, 11) is 3.31. The number of amides is 1. The maximum Gasteiger partial charge on any atom is 0.245 e. The number of benzene rings is 1. The first-order valence-corrected chi connectivity index (χ1v) is 10.2. The fourth-order valence-electron chi connectivity index (χ4n) is 3.51. The molecule has 32 heavy (non-hydrogen) atoms. The zero-order valence-corrected chi connectivity index (χ0v) is 18.0. The van der Waals surface area contributed by atoms with Gasteiger partial charge in [-0.1, -0.05) is 36.9 Å². The maximum atomic E-state index is 11.7. The third-order valence-electron chi connectivity index (χ3n) is 5.18. The molecular weight excluding hydrogens is 404 g/mol. The molecule has 1 N–H and O–H groups in total. The van der Waals surface area contributed by atoms with E-state index in [4.69, 9.17) is 14.5 Å². The SMILES string of the molecule is C=CC(=O)N(C)CCOc1cnccc1-c1[nH]c2ccc(OC)nc2c1-c1ccccc1. The minimum atomic E-state index is -0.151. The van der Waals surface area contributed by atoms with E-state index in [1.165, 1.54) is 6.08 Å². The van der Waals surface area contributed by atoms with Crippen molar-refractivity contribution in [3.63, 3.8) is 0 Å². The number of methoxy groups -OCH3 is 1. The van der Waals surface area contributed by atoms with Gasteiger partial charge in [0, 0.05) is 30.4 Å². The van der Waals surface area contributed by atoms with Crippen LogP contribution >= 0.6 is 0 Å². The Hall–Kier alpha value is -4.13. The zero-order valence-electron chi connectivity index (χ0n) is 18.0. The normalized spacial score (nSPS) is 10.7. The van der Waals surface area contributed by atoms with E-state index in [1.54, 1.807) is 31.5 Å². The van der Waals surface area contributed by atoms with Gasteiger partial charge >= 0.3 is 0 Å². The minimum Gasteiger partial charge on any atom is -0.489 e. The summed E-state index contributed by atoms with van der Waals surface area (Å²) < 4.78 is 11.4. The molecule has 1 amide bonds. The van der Waals surface area contributed by atoms with Crippen LogP contribution in [0.1, 0.15) is 0 Å². The number of likely N-dealkylation sites (N-methyl/N-ethyl adjacent to an activating group) is 1. The van der Waals surface area contributed by atoms with Gasteiger partial charge in [-0.05, 0) is 23.8 Å². The monoisotopic (exact) mass is 428 g/mol. The Morgan fingerprint density at radius 2 is 2.00 bits per heavy atom. The van der Waals surface area contributed by atoms with Crippen molar-refractivity contribution in [3.05, 3.63) is 73.6 Å². The van der Waals surface area contributed by atoms with Crippen LogP contribution < -0.4 is 9.47 Å². The first kappa shape index (κ1) is 21.1. The molecule has 4 aromatic rings. The molecule has 0 aliphatic carbocycles. The molecule has 7 heteroatoms. The molecule has 3 aromatic heterocycles. The third-order valence-corrected chi connectivity index (χ3v) is 5.18. The fourth-order valence-corrected chi connectivity index (χ4v) is 3.51. The van der Waals surface area contributed by atoms with E-state index >= 15 is 0 Å². The van der Waals surface area contributed by atoms with E-state index in [2.05, 4.69) is 16.5 Å². The van der Waals surface area contributed by atoms with Gasteiger partial charge in [0.25, 0.3) is 0 Å². The molecular formula is C25H24N4O3. The summed E-state index contributed by atoms with van der Waals surface area (Å²) in [6.45, 7) is 4.26. The number of aromatic nitrogens is 3. The topological polar surface area (TPSA) is 80.3 Å². The first-order chi connectivity index (χ1) is 15.6. The van der Waals surface area contributed by atoms with E-state index in [0.717, 1.165) is 33.4 Å². The standard InChI is InChI=1S/C25H24N4O3/c1-4-22(30)29(2)14-15-32-20-16-26-13-12-18(20)24-23(17-8-6-5-7-9-17)25-19(27-24)10-11-21(28-25)31-3/h4-13,16,27H,1,14-15H2,2-3H3. The lowest BCUT2D eigenvalue weighted by molar-refractivity contribution is -0.125. The molecule has 0 spiro atoms. The van der Waals surface area contributed by atoms with Crippen LogP contribution in [-0.2, 0) is 4.79 Å². The second-order valence-electron chi connectivity index (χ2n) is 7.18. The number of nitrogens with one attached hydrogen (secondary N) is 1. The smallest absolute Gasteiger partial charge is 0.245 e. The summed E-state index contributed by atoms with van der Waals surface area (Å²) in [5, 5.41) is 0. The van der Waals surface area contributed by atoms with E-state index < -0.39 is 0 Å². The molecule has 1 aromatic carbocycles. The first-order valence-electron chi connectivity index (χ1n) is 10.2. The van der Waals surface area contributed by atoms with Crippen LogP contribution in [0.15, 0.2) is 73.6 Å². The molecule has 0 saturated heterocycles. The molecule has 162 valence electrons. The highest BCUT2D eigenvalue weighted by Gasteiger charge is 2.20. The van der Waals surface area contributed by atoms with Crippen molar-refractivity contribution in [2.75, 3.05) is 27.3 Å². The minimum absolute atomic E-state index is 0.151. The number of carbonyl (C=O) groups excluding carboxylic acids is 1. The maximum absolute atomic E-state index is 11.7. The largest absolute Gasteiger partial charge is 0.489 e. The van der Waals surface area contributed by atoms with E-state index in [-0.39, 0.29) is 5.91 Å². The van der Waals surface area contributed by atoms with E-state index in [0.29, 0.717) is 24.8 Å². The van der Waals surface area contributed by atoms with Crippen molar-refractivity contribution in [2.24, 2.45) is 0 Å². The lowest BCUT2D eigenvalue weighted by Crippen LogP contribution is -2.29. The van der Waals surface area contributed by atoms with Crippen LogP contribution in [0.3, 0.4) is 0 Å². The van der Waals surface area contributed by atoms with Crippen LogP contribution in [-0.4, -0.2) is 53.1 Å². The lowest BCUT2D eigenvalue weighted by atomic mass is 10.0. The predicted molar refractivity (Wildman–Crippen MR) is 125 cm³/mol. The zero-order chi connectivity index (χ0) is 22.5. The number of fused-ring (bicyclic) bond motifs is 1. The van der Waals surface area contributed by atoms with Crippen molar-refractivity contribution >= 4 is 16.9 Å². The number of aromatic amines is 1. The van der Waals surface area contributed by atoms with Gasteiger partial charge in [0.1, 0.15) is 17.9 Å². The van der Waals surface area contributed by atoms with E-state index in [1.807, 2.05) is 48.5 Å². The van der Waals surface area contributed by atoms with E-state index in [9.17, 15) is 4.79 Å². The number of carbonyl (C=O) groups is 1. The van der Waals surface area contributed by atoms with Gasteiger partial charge < -0.3 is 19.4 Å². The Morgan fingerprint density at radius 1 is 1.19 bits per heavy atom. The molecule has 4 rings (SSSR count). The number of rotatable bonds is 8. The Morgan fingerprint density at radius 3 is 2.75 bits per heavy atom. The third kappa shape index (κ3) is 4.18. The Balaban J connectivity index is 1.77. The van der Waals surface area contributed by atoms with Gasteiger partial charge in [-0.2, -0.15) is 0 Å². The van der Waals surface area contributed by atoms with Crippen LogP contribution in [0.4, 0.5) is 0 Å². The highest BCUT2D eigenvalue weighted by atomic mass is 16.5. The molecule has 3 heterocycles. The lowest BCUT2D eigenvalue weighted by Gasteiger charge is -2.16. The van der Waals surface area contributed by atoms with Gasteiger partial charge in [0.2, 0.25) is 11.8 Å².